The van der Waals surface area contributed by atoms with Gasteiger partial charge in [-0.1, -0.05) is 5.57 Å². The molecule has 0 saturated heterocycles. The summed E-state index contributed by atoms with van der Waals surface area (Å²) < 4.78 is 0. The Kier molecular flexibility index (Phi) is 1.59. The highest BCUT2D eigenvalue weighted by molar-refractivity contribution is 5.04. The summed E-state index contributed by atoms with van der Waals surface area (Å²) in [6.07, 6.45) is 8.82. The van der Waals surface area contributed by atoms with E-state index in [2.05, 4.69) is 13.5 Å². The van der Waals surface area contributed by atoms with Crippen LogP contribution in [0.3, 0.4) is 0 Å². The van der Waals surface area contributed by atoms with Gasteiger partial charge in [-0.3, -0.25) is 0 Å². The Balaban J connectivity index is 2.05. The lowest BCUT2D eigenvalue weighted by Gasteiger charge is -2.26. The first-order valence-corrected chi connectivity index (χ1v) is 4.85. The molecule has 0 amide bonds. The predicted molar refractivity (Wildman–Crippen MR) is 48.4 cm³/mol. The van der Waals surface area contributed by atoms with Crippen LogP contribution in [0.5, 0.6) is 0 Å². The summed E-state index contributed by atoms with van der Waals surface area (Å²) >= 11 is 0. The van der Waals surface area contributed by atoms with Crippen LogP contribution >= 0.6 is 0 Å². The van der Waals surface area contributed by atoms with E-state index in [0.717, 1.165) is 11.3 Å². The molecule has 0 aromatic carbocycles. The van der Waals surface area contributed by atoms with E-state index in [1.807, 2.05) is 0 Å². The van der Waals surface area contributed by atoms with Crippen LogP contribution in [0.1, 0.15) is 45.4 Å². The molecule has 0 aromatic heterocycles. The molecule has 0 N–H and O–H groups in total. The molecule has 2 rings (SSSR count). The highest BCUT2D eigenvalue weighted by Gasteiger charge is 2.44. The zero-order valence-electron chi connectivity index (χ0n) is 7.53. The van der Waals surface area contributed by atoms with Crippen molar-refractivity contribution in [1.82, 2.24) is 0 Å². The Bertz CT molecular complexity index is 170. The Hall–Kier alpha value is -0.260. The van der Waals surface area contributed by atoms with Gasteiger partial charge in [0.1, 0.15) is 0 Å². The van der Waals surface area contributed by atoms with Gasteiger partial charge >= 0.3 is 0 Å². The van der Waals surface area contributed by atoms with Crippen molar-refractivity contribution in [2.24, 2.45) is 11.3 Å². The average molecular weight is 150 g/mol. The van der Waals surface area contributed by atoms with Crippen molar-refractivity contribution in [1.29, 1.82) is 0 Å². The monoisotopic (exact) mass is 150 g/mol. The quantitative estimate of drug-likeness (QED) is 0.528. The molecule has 0 spiro atoms. The molecule has 0 heterocycles. The first-order chi connectivity index (χ1) is 5.20. The normalized spacial score (nSPS) is 41.4. The summed E-state index contributed by atoms with van der Waals surface area (Å²) in [6, 6.07) is 0. The number of allylic oxidation sites excluding steroid dienone is 1. The fourth-order valence-electron chi connectivity index (χ4n) is 3.20. The van der Waals surface area contributed by atoms with Gasteiger partial charge in [-0.2, -0.15) is 0 Å². The van der Waals surface area contributed by atoms with E-state index in [9.17, 15) is 0 Å². The maximum Gasteiger partial charge on any atom is -0.0258 e. The number of hydrogen-bond donors (Lipinski definition) is 0. The Morgan fingerprint density at radius 1 is 1.45 bits per heavy atom. The highest BCUT2D eigenvalue weighted by atomic mass is 14.5. The minimum Gasteiger partial charge on any atom is -0.100 e. The first kappa shape index (κ1) is 7.39. The Morgan fingerprint density at radius 2 is 2.09 bits per heavy atom. The van der Waals surface area contributed by atoms with Crippen molar-refractivity contribution in [2.75, 3.05) is 0 Å². The molecule has 2 fully saturated rings. The van der Waals surface area contributed by atoms with Gasteiger partial charge in [0.15, 0.2) is 0 Å². The Labute approximate surface area is 69.7 Å². The molecule has 2 bridgehead atoms. The maximum atomic E-state index is 4.03. The van der Waals surface area contributed by atoms with Crippen molar-refractivity contribution < 1.29 is 0 Å². The third kappa shape index (κ3) is 1.23. The zero-order valence-corrected chi connectivity index (χ0v) is 7.53. The van der Waals surface area contributed by atoms with Gasteiger partial charge < -0.3 is 0 Å². The van der Waals surface area contributed by atoms with E-state index in [1.54, 1.807) is 0 Å². The van der Waals surface area contributed by atoms with Gasteiger partial charge in [0.2, 0.25) is 0 Å². The molecule has 0 unspecified atom stereocenters. The molecule has 0 atom stereocenters. The van der Waals surface area contributed by atoms with E-state index in [1.165, 1.54) is 44.1 Å². The molecule has 0 aromatic rings. The highest BCUT2D eigenvalue weighted by Crippen LogP contribution is 2.56. The van der Waals surface area contributed by atoms with Crippen molar-refractivity contribution in [3.8, 4) is 0 Å². The van der Waals surface area contributed by atoms with Crippen LogP contribution in [0.2, 0.25) is 0 Å². The largest absolute Gasteiger partial charge is 0.100 e. The minimum atomic E-state index is 0.733. The molecule has 0 nitrogen and oxygen atoms in total. The van der Waals surface area contributed by atoms with Gasteiger partial charge in [-0.05, 0) is 56.8 Å². The number of hydrogen-bond acceptors (Lipinski definition) is 0. The van der Waals surface area contributed by atoms with Crippen LogP contribution in [0.15, 0.2) is 12.2 Å². The topological polar surface area (TPSA) is 0 Å². The third-order valence-electron chi connectivity index (χ3n) is 3.56. The first-order valence-electron chi connectivity index (χ1n) is 4.85. The fraction of sp³-hybridized carbons (Fsp3) is 0.818. The third-order valence-corrected chi connectivity index (χ3v) is 3.56. The summed E-state index contributed by atoms with van der Waals surface area (Å²) in [4.78, 5) is 0. The Morgan fingerprint density at radius 3 is 2.45 bits per heavy atom. The summed E-state index contributed by atoms with van der Waals surface area (Å²) in [5.41, 5.74) is 2.13. The van der Waals surface area contributed by atoms with E-state index < -0.39 is 0 Å². The average Bonchev–Trinajstić information content (AvgIpc) is 2.43. The van der Waals surface area contributed by atoms with Gasteiger partial charge in [-0.25, -0.2) is 0 Å². The molecular formula is C11H18. The molecule has 0 heteroatoms. The second-order valence-corrected chi connectivity index (χ2v) is 4.78. The summed E-state index contributed by atoms with van der Waals surface area (Å²) in [7, 11) is 0. The summed E-state index contributed by atoms with van der Waals surface area (Å²) in [5, 5.41) is 0. The fourth-order valence-corrected chi connectivity index (χ4v) is 3.20. The lowest BCUT2D eigenvalue weighted by molar-refractivity contribution is 0.292. The van der Waals surface area contributed by atoms with Gasteiger partial charge in [-0.15, -0.1) is 6.58 Å². The minimum absolute atomic E-state index is 0.733. The molecule has 11 heavy (non-hydrogen) atoms. The van der Waals surface area contributed by atoms with Gasteiger partial charge in [0.05, 0.1) is 0 Å². The van der Waals surface area contributed by atoms with Crippen molar-refractivity contribution >= 4 is 0 Å². The lowest BCUT2D eigenvalue weighted by Crippen LogP contribution is -2.13. The zero-order chi connectivity index (χ0) is 7.90. The van der Waals surface area contributed by atoms with Crippen LogP contribution in [0.25, 0.3) is 0 Å². The van der Waals surface area contributed by atoms with E-state index >= 15 is 0 Å². The van der Waals surface area contributed by atoms with Crippen molar-refractivity contribution in [3.05, 3.63) is 12.2 Å². The lowest BCUT2D eigenvalue weighted by atomic mass is 9.79. The predicted octanol–water partition coefficient (Wildman–Crippen LogP) is 3.53. The van der Waals surface area contributed by atoms with Crippen LogP contribution in [0.4, 0.5) is 0 Å². The van der Waals surface area contributed by atoms with E-state index in [0.29, 0.717) is 0 Å². The summed E-state index contributed by atoms with van der Waals surface area (Å²) in [6.45, 7) is 6.21. The van der Waals surface area contributed by atoms with Crippen LogP contribution in [-0.4, -0.2) is 0 Å². The molecule has 0 radical (unpaired) electrons. The SMILES string of the molecule is C=C(C)CC12CCC(CC1)C2. The van der Waals surface area contributed by atoms with E-state index in [-0.39, 0.29) is 0 Å². The van der Waals surface area contributed by atoms with Crippen LogP contribution in [-0.2, 0) is 0 Å². The molecule has 2 aliphatic rings. The van der Waals surface area contributed by atoms with Gasteiger partial charge in [0.25, 0.3) is 0 Å². The standard InChI is InChI=1S/C11H18/c1-9(2)7-11-5-3-10(8-11)4-6-11/h10H,1,3-8H2,2H3. The number of rotatable bonds is 2. The number of fused-ring (bicyclic) bond motifs is 2. The second-order valence-electron chi connectivity index (χ2n) is 4.78. The molecular weight excluding hydrogens is 132 g/mol. The van der Waals surface area contributed by atoms with E-state index in [4.69, 9.17) is 0 Å². The maximum absolute atomic E-state index is 4.03. The van der Waals surface area contributed by atoms with Gasteiger partial charge in [0, 0.05) is 0 Å². The smallest absolute Gasteiger partial charge is 0.0258 e. The van der Waals surface area contributed by atoms with Crippen LogP contribution in [0, 0.1) is 11.3 Å². The molecule has 2 saturated carbocycles. The molecule has 62 valence electrons. The molecule has 2 aliphatic carbocycles. The second kappa shape index (κ2) is 2.36. The summed E-state index contributed by atoms with van der Waals surface area (Å²) in [5.74, 6) is 1.09. The van der Waals surface area contributed by atoms with Crippen LogP contribution < -0.4 is 0 Å². The van der Waals surface area contributed by atoms with Crippen molar-refractivity contribution in [2.45, 2.75) is 45.4 Å². The van der Waals surface area contributed by atoms with Crippen molar-refractivity contribution in [3.63, 3.8) is 0 Å². The molecule has 0 aliphatic heterocycles.